The molecule has 2 aliphatic heterocycles. The van der Waals surface area contributed by atoms with Gasteiger partial charge in [0.15, 0.2) is 0 Å². The van der Waals surface area contributed by atoms with Crippen LogP contribution in [0.2, 0.25) is 0 Å². The summed E-state index contributed by atoms with van der Waals surface area (Å²) in [6.45, 7) is 6.90. The smallest absolute Gasteiger partial charge is 0.317 e. The van der Waals surface area contributed by atoms with Crippen molar-refractivity contribution in [3.8, 4) is 0 Å². The number of nitrogens with one attached hydrogen (secondary N) is 1. The average Bonchev–Trinajstić information content (AvgIpc) is 3.07. The van der Waals surface area contributed by atoms with Gasteiger partial charge in [0, 0.05) is 44.0 Å². The van der Waals surface area contributed by atoms with Crippen LogP contribution in [0.5, 0.6) is 0 Å². The summed E-state index contributed by atoms with van der Waals surface area (Å²) < 4.78 is 0. The molecule has 2 fully saturated rings. The molecule has 126 valence electrons. The van der Waals surface area contributed by atoms with Crippen molar-refractivity contribution in [3.05, 3.63) is 29.6 Å². The molecule has 0 aliphatic carbocycles. The number of carbonyl (C=O) groups excluding carboxylic acids is 1. The second kappa shape index (κ2) is 7.77. The number of amides is 2. The first-order valence-corrected chi connectivity index (χ1v) is 8.91. The van der Waals surface area contributed by atoms with Crippen LogP contribution in [0.1, 0.15) is 36.9 Å². The number of hydrogen-bond donors (Lipinski definition) is 1. The zero-order chi connectivity index (χ0) is 16.1. The molecular formula is C18H28N4O. The van der Waals surface area contributed by atoms with Gasteiger partial charge in [0.25, 0.3) is 0 Å². The highest BCUT2D eigenvalue weighted by Gasteiger charge is 2.30. The van der Waals surface area contributed by atoms with Crippen LogP contribution in [0.3, 0.4) is 0 Å². The van der Waals surface area contributed by atoms with E-state index in [0.29, 0.717) is 12.6 Å². The van der Waals surface area contributed by atoms with Crippen LogP contribution in [0.25, 0.3) is 0 Å². The molecule has 0 bridgehead atoms. The fourth-order valence-corrected chi connectivity index (χ4v) is 3.69. The number of likely N-dealkylation sites (tertiary alicyclic amines) is 2. The van der Waals surface area contributed by atoms with Crippen LogP contribution < -0.4 is 5.32 Å². The van der Waals surface area contributed by atoms with Gasteiger partial charge in [-0.05, 0) is 50.9 Å². The molecule has 2 amide bonds. The van der Waals surface area contributed by atoms with E-state index in [9.17, 15) is 4.79 Å². The minimum Gasteiger partial charge on any atom is -0.338 e. The van der Waals surface area contributed by atoms with Gasteiger partial charge in [0.2, 0.25) is 0 Å². The van der Waals surface area contributed by atoms with Gasteiger partial charge in [-0.3, -0.25) is 9.88 Å². The molecule has 5 heteroatoms. The van der Waals surface area contributed by atoms with Crippen LogP contribution in [0.4, 0.5) is 4.79 Å². The molecule has 23 heavy (non-hydrogen) atoms. The number of urea groups is 1. The minimum absolute atomic E-state index is 0.0816. The van der Waals surface area contributed by atoms with Crippen molar-refractivity contribution >= 4 is 6.03 Å². The standard InChI is InChI=1S/C18H28N4O/c1-15-6-5-9-19-17(15)7-10-20-18(23)22-13-8-16(14-22)21-11-3-2-4-12-21/h5-6,9,16H,2-4,7-8,10-14H2,1H3,(H,20,23)/t16-/m1/s1. The lowest BCUT2D eigenvalue weighted by atomic mass is 10.1. The molecule has 0 unspecified atom stereocenters. The van der Waals surface area contributed by atoms with Gasteiger partial charge in [-0.15, -0.1) is 0 Å². The molecule has 1 aromatic heterocycles. The Hall–Kier alpha value is -1.62. The molecule has 0 spiro atoms. The maximum atomic E-state index is 12.3. The van der Waals surface area contributed by atoms with Gasteiger partial charge in [-0.1, -0.05) is 12.5 Å². The summed E-state index contributed by atoms with van der Waals surface area (Å²) in [4.78, 5) is 21.3. The number of piperidine rings is 1. The Morgan fingerprint density at radius 2 is 2.13 bits per heavy atom. The van der Waals surface area contributed by atoms with Crippen LogP contribution >= 0.6 is 0 Å². The van der Waals surface area contributed by atoms with Gasteiger partial charge in [0.1, 0.15) is 0 Å². The molecule has 3 rings (SSSR count). The molecule has 1 N–H and O–H groups in total. The highest BCUT2D eigenvalue weighted by Crippen LogP contribution is 2.20. The lowest BCUT2D eigenvalue weighted by Crippen LogP contribution is -2.44. The normalized spacial score (nSPS) is 22.3. The van der Waals surface area contributed by atoms with Crippen LogP contribution in [0.15, 0.2) is 18.3 Å². The van der Waals surface area contributed by atoms with Crippen molar-refractivity contribution < 1.29 is 4.79 Å². The number of hydrogen-bond acceptors (Lipinski definition) is 3. The largest absolute Gasteiger partial charge is 0.338 e. The Morgan fingerprint density at radius 3 is 2.91 bits per heavy atom. The molecule has 0 saturated carbocycles. The molecule has 0 radical (unpaired) electrons. The van der Waals surface area contributed by atoms with Crippen LogP contribution in [-0.2, 0) is 6.42 Å². The minimum atomic E-state index is 0.0816. The molecule has 3 heterocycles. The van der Waals surface area contributed by atoms with Gasteiger partial charge >= 0.3 is 6.03 Å². The lowest BCUT2D eigenvalue weighted by Gasteiger charge is -2.32. The summed E-state index contributed by atoms with van der Waals surface area (Å²) in [5, 5.41) is 3.05. The molecule has 5 nitrogen and oxygen atoms in total. The van der Waals surface area contributed by atoms with Crippen molar-refractivity contribution in [1.29, 1.82) is 0 Å². The Balaban J connectivity index is 1.41. The van der Waals surface area contributed by atoms with E-state index in [1.165, 1.54) is 37.9 Å². The zero-order valence-electron chi connectivity index (χ0n) is 14.1. The van der Waals surface area contributed by atoms with Crippen molar-refractivity contribution in [2.75, 3.05) is 32.7 Å². The summed E-state index contributed by atoms with van der Waals surface area (Å²) >= 11 is 0. The number of rotatable bonds is 4. The Labute approximate surface area is 139 Å². The number of aromatic nitrogens is 1. The quantitative estimate of drug-likeness (QED) is 0.926. The molecule has 2 saturated heterocycles. The van der Waals surface area contributed by atoms with Gasteiger partial charge in [-0.2, -0.15) is 0 Å². The summed E-state index contributed by atoms with van der Waals surface area (Å²) in [5.41, 5.74) is 2.26. The van der Waals surface area contributed by atoms with Crippen molar-refractivity contribution in [2.24, 2.45) is 0 Å². The van der Waals surface area contributed by atoms with E-state index < -0.39 is 0 Å². The first kappa shape index (κ1) is 16.2. The zero-order valence-corrected chi connectivity index (χ0v) is 14.1. The van der Waals surface area contributed by atoms with E-state index in [2.05, 4.69) is 28.2 Å². The highest BCUT2D eigenvalue weighted by atomic mass is 16.2. The van der Waals surface area contributed by atoms with Crippen molar-refractivity contribution in [3.63, 3.8) is 0 Å². The van der Waals surface area contributed by atoms with E-state index in [4.69, 9.17) is 0 Å². The predicted molar refractivity (Wildman–Crippen MR) is 91.5 cm³/mol. The van der Waals surface area contributed by atoms with Crippen LogP contribution in [0, 0.1) is 6.92 Å². The lowest BCUT2D eigenvalue weighted by molar-refractivity contribution is 0.161. The maximum Gasteiger partial charge on any atom is 0.317 e. The first-order valence-electron chi connectivity index (χ1n) is 8.91. The third kappa shape index (κ3) is 4.22. The third-order valence-electron chi connectivity index (χ3n) is 5.11. The van der Waals surface area contributed by atoms with Crippen molar-refractivity contribution in [2.45, 2.75) is 45.1 Å². The Morgan fingerprint density at radius 1 is 1.30 bits per heavy atom. The summed E-state index contributed by atoms with van der Waals surface area (Å²) in [7, 11) is 0. The predicted octanol–water partition coefficient (Wildman–Crippen LogP) is 2.20. The van der Waals surface area contributed by atoms with E-state index in [-0.39, 0.29) is 6.03 Å². The van der Waals surface area contributed by atoms with E-state index in [1.54, 1.807) is 0 Å². The van der Waals surface area contributed by atoms with Crippen LogP contribution in [-0.4, -0.2) is 59.6 Å². The molecular weight excluding hydrogens is 288 g/mol. The van der Waals surface area contributed by atoms with E-state index in [0.717, 1.165) is 31.6 Å². The summed E-state index contributed by atoms with van der Waals surface area (Å²) in [6, 6.07) is 4.66. The number of carbonyl (C=O) groups is 1. The monoisotopic (exact) mass is 316 g/mol. The number of pyridine rings is 1. The number of aryl methyl sites for hydroxylation is 1. The van der Waals surface area contributed by atoms with Crippen molar-refractivity contribution in [1.82, 2.24) is 20.1 Å². The van der Waals surface area contributed by atoms with Gasteiger partial charge < -0.3 is 10.2 Å². The van der Waals surface area contributed by atoms with Gasteiger partial charge in [0.05, 0.1) is 0 Å². The maximum absolute atomic E-state index is 12.3. The molecule has 0 aromatic carbocycles. The number of nitrogens with zero attached hydrogens (tertiary/aromatic N) is 3. The second-order valence-electron chi connectivity index (χ2n) is 6.73. The topological polar surface area (TPSA) is 48.5 Å². The third-order valence-corrected chi connectivity index (χ3v) is 5.11. The molecule has 1 aromatic rings. The highest BCUT2D eigenvalue weighted by molar-refractivity contribution is 5.74. The molecule has 1 atom stereocenters. The SMILES string of the molecule is Cc1cccnc1CCNC(=O)N1CC[C@@H](N2CCCCC2)C1. The Kier molecular flexibility index (Phi) is 5.49. The fraction of sp³-hybridized carbons (Fsp3) is 0.667. The molecule has 2 aliphatic rings. The van der Waals surface area contributed by atoms with E-state index >= 15 is 0 Å². The van der Waals surface area contributed by atoms with E-state index in [1.807, 2.05) is 17.2 Å². The fourth-order valence-electron chi connectivity index (χ4n) is 3.69. The van der Waals surface area contributed by atoms with Gasteiger partial charge in [-0.25, -0.2) is 4.79 Å². The summed E-state index contributed by atoms with van der Waals surface area (Å²) in [5.74, 6) is 0. The first-order chi connectivity index (χ1) is 11.2. The Bertz CT molecular complexity index is 528. The second-order valence-corrected chi connectivity index (χ2v) is 6.73. The summed E-state index contributed by atoms with van der Waals surface area (Å²) in [6.07, 6.45) is 7.71. The average molecular weight is 316 g/mol.